The first-order chi connectivity index (χ1) is 16.5. The molecule has 5 rings (SSSR count). The molecule has 34 heavy (non-hydrogen) atoms. The maximum atomic E-state index is 13.8. The van der Waals surface area contributed by atoms with Gasteiger partial charge in [0.05, 0.1) is 37.2 Å². The zero-order valence-electron chi connectivity index (χ0n) is 19.0. The summed E-state index contributed by atoms with van der Waals surface area (Å²) in [5, 5.41) is 2.93. The molecule has 8 heteroatoms. The zero-order valence-corrected chi connectivity index (χ0v) is 19.0. The highest BCUT2D eigenvalue weighted by Gasteiger charge is 2.43. The van der Waals surface area contributed by atoms with Crippen LogP contribution < -0.4 is 14.8 Å². The number of carbonyl (C=O) groups is 2. The molecule has 2 amide bonds. The van der Waals surface area contributed by atoms with Gasteiger partial charge in [-0.25, -0.2) is 4.98 Å². The van der Waals surface area contributed by atoms with Crippen LogP contribution in [0.3, 0.4) is 0 Å². The number of amides is 2. The number of rotatable bonds is 5. The summed E-state index contributed by atoms with van der Waals surface area (Å²) in [6, 6.07) is 19.7. The number of hydrogen-bond donors (Lipinski definition) is 2. The molecule has 2 atom stereocenters. The number of hydrogen-bond acceptors (Lipinski definition) is 5. The first-order valence-corrected chi connectivity index (χ1v) is 10.9. The number of imidazole rings is 1. The van der Waals surface area contributed by atoms with Crippen LogP contribution in [0.25, 0.3) is 11.0 Å². The fraction of sp³-hybridized carbons (Fsp3) is 0.192. The van der Waals surface area contributed by atoms with E-state index in [9.17, 15) is 9.59 Å². The number of benzene rings is 3. The number of H-pyrrole nitrogens is 1. The highest BCUT2D eigenvalue weighted by molar-refractivity contribution is 6.04. The van der Waals surface area contributed by atoms with E-state index in [-0.39, 0.29) is 11.8 Å². The number of nitrogens with one attached hydrogen (secondary N) is 2. The number of fused-ring (bicyclic) bond motifs is 2. The highest BCUT2D eigenvalue weighted by Crippen LogP contribution is 2.44. The summed E-state index contributed by atoms with van der Waals surface area (Å²) in [6.45, 7) is 0. The van der Waals surface area contributed by atoms with Gasteiger partial charge in [-0.15, -0.1) is 0 Å². The van der Waals surface area contributed by atoms with Crippen molar-refractivity contribution in [3.05, 3.63) is 83.4 Å². The van der Waals surface area contributed by atoms with Gasteiger partial charge >= 0.3 is 0 Å². The number of nitrogens with zero attached hydrogens (tertiary/aromatic N) is 2. The minimum Gasteiger partial charge on any atom is -0.493 e. The van der Waals surface area contributed by atoms with Gasteiger partial charge in [-0.1, -0.05) is 36.4 Å². The van der Waals surface area contributed by atoms with Crippen molar-refractivity contribution in [3.8, 4) is 11.5 Å². The van der Waals surface area contributed by atoms with Crippen molar-refractivity contribution in [1.29, 1.82) is 0 Å². The first kappa shape index (κ1) is 21.5. The second-order valence-corrected chi connectivity index (χ2v) is 8.13. The van der Waals surface area contributed by atoms with Crippen LogP contribution in [0.4, 0.5) is 5.95 Å². The summed E-state index contributed by atoms with van der Waals surface area (Å²) in [5.74, 6) is 0.351. The molecule has 0 fully saturated rings. The summed E-state index contributed by atoms with van der Waals surface area (Å²) in [5.41, 5.74) is 3.51. The second kappa shape index (κ2) is 8.55. The molecule has 1 aromatic heterocycles. The Hall–Kier alpha value is -4.33. The maximum absolute atomic E-state index is 13.8. The number of aromatic nitrogens is 2. The van der Waals surface area contributed by atoms with Gasteiger partial charge in [0.15, 0.2) is 11.5 Å². The molecule has 2 heterocycles. The molecule has 8 nitrogen and oxygen atoms in total. The van der Waals surface area contributed by atoms with Crippen molar-refractivity contribution in [1.82, 2.24) is 14.9 Å². The summed E-state index contributed by atoms with van der Waals surface area (Å²) < 4.78 is 10.8. The second-order valence-electron chi connectivity index (χ2n) is 8.13. The molecule has 0 aliphatic carbocycles. The molecule has 3 aromatic carbocycles. The number of aromatic amines is 1. The molecule has 2 N–H and O–H groups in total. The van der Waals surface area contributed by atoms with E-state index in [0.29, 0.717) is 28.6 Å². The van der Waals surface area contributed by atoms with E-state index < -0.39 is 12.0 Å². The van der Waals surface area contributed by atoms with Crippen LogP contribution in [0, 0.1) is 0 Å². The Morgan fingerprint density at radius 2 is 1.74 bits per heavy atom. The topological polar surface area (TPSA) is 96.5 Å². The lowest BCUT2D eigenvalue weighted by Crippen LogP contribution is -2.44. The first-order valence-electron chi connectivity index (χ1n) is 10.9. The molecule has 172 valence electrons. The lowest BCUT2D eigenvalue weighted by atomic mass is 9.79. The van der Waals surface area contributed by atoms with Crippen molar-refractivity contribution < 1.29 is 19.1 Å². The Morgan fingerprint density at radius 1 is 1.00 bits per heavy atom. The molecule has 0 unspecified atom stereocenters. The molecule has 0 bridgehead atoms. The number of ether oxygens (including phenoxy) is 2. The third kappa shape index (κ3) is 3.53. The molecule has 0 saturated heterocycles. The quantitative estimate of drug-likeness (QED) is 0.471. The predicted octanol–water partition coefficient (Wildman–Crippen LogP) is 4.13. The van der Waals surface area contributed by atoms with Crippen molar-refractivity contribution in [2.45, 2.75) is 12.0 Å². The summed E-state index contributed by atoms with van der Waals surface area (Å²) in [4.78, 5) is 36.2. The Morgan fingerprint density at radius 3 is 2.50 bits per heavy atom. The lowest BCUT2D eigenvalue weighted by Gasteiger charge is -2.39. The van der Waals surface area contributed by atoms with Crippen LogP contribution in [0.1, 0.15) is 33.4 Å². The third-order valence-electron chi connectivity index (χ3n) is 6.24. The van der Waals surface area contributed by atoms with Crippen LogP contribution in [0.5, 0.6) is 11.5 Å². The molecular formula is C26H24N4O4. The molecule has 4 aromatic rings. The van der Waals surface area contributed by atoms with Crippen LogP contribution in [0.15, 0.2) is 66.7 Å². The van der Waals surface area contributed by atoms with Crippen LogP contribution >= 0.6 is 0 Å². The van der Waals surface area contributed by atoms with Crippen LogP contribution in [0.2, 0.25) is 0 Å². The summed E-state index contributed by atoms with van der Waals surface area (Å²) in [7, 11) is 4.83. The Kier molecular flexibility index (Phi) is 5.41. The number of methoxy groups -OCH3 is 2. The van der Waals surface area contributed by atoms with Gasteiger partial charge in [-0.2, -0.15) is 0 Å². The van der Waals surface area contributed by atoms with E-state index in [1.165, 1.54) is 0 Å². The third-order valence-corrected chi connectivity index (χ3v) is 6.24. The van der Waals surface area contributed by atoms with E-state index in [2.05, 4.69) is 15.3 Å². The number of para-hydroxylation sites is 2. The smallest absolute Gasteiger partial charge is 0.254 e. The van der Waals surface area contributed by atoms with E-state index in [1.54, 1.807) is 44.4 Å². The molecule has 0 radical (unpaired) electrons. The summed E-state index contributed by atoms with van der Waals surface area (Å²) in [6.07, 6.45) is 0. The van der Waals surface area contributed by atoms with Crippen molar-refractivity contribution in [2.75, 3.05) is 26.6 Å². The standard InChI is InChI=1S/C26H24N4O4/c1-30-23(15-12-13-20(33-2)21(14-15)34-3)22(16-8-4-5-9-17(16)25(30)32)24(31)29-26-27-18-10-6-7-11-19(18)28-26/h4-14,22-23H,1-3H3,(H2,27,28,29,31)/t22-,23-/m1/s1. The van der Waals surface area contributed by atoms with E-state index in [1.807, 2.05) is 48.5 Å². The molecule has 1 aliphatic heterocycles. The van der Waals surface area contributed by atoms with E-state index in [0.717, 1.165) is 16.6 Å². The minimum absolute atomic E-state index is 0.150. The normalized spacial score (nSPS) is 17.4. The average Bonchev–Trinajstić information content (AvgIpc) is 3.27. The van der Waals surface area contributed by atoms with Gasteiger partial charge in [-0.05, 0) is 41.5 Å². The predicted molar refractivity (Wildman–Crippen MR) is 128 cm³/mol. The maximum Gasteiger partial charge on any atom is 0.254 e. The lowest BCUT2D eigenvalue weighted by molar-refractivity contribution is -0.119. The molecule has 0 saturated carbocycles. The largest absolute Gasteiger partial charge is 0.493 e. The fourth-order valence-electron chi connectivity index (χ4n) is 4.62. The van der Waals surface area contributed by atoms with Crippen LogP contribution in [-0.2, 0) is 4.79 Å². The molecule has 0 spiro atoms. The Labute approximate surface area is 196 Å². The van der Waals surface area contributed by atoms with Crippen molar-refractivity contribution in [2.24, 2.45) is 0 Å². The van der Waals surface area contributed by atoms with Gasteiger partial charge in [0.1, 0.15) is 0 Å². The van der Waals surface area contributed by atoms with Gasteiger partial charge in [-0.3, -0.25) is 14.9 Å². The van der Waals surface area contributed by atoms with Gasteiger partial charge < -0.3 is 19.4 Å². The minimum atomic E-state index is -0.676. The monoisotopic (exact) mass is 456 g/mol. The van der Waals surface area contributed by atoms with Crippen LogP contribution in [-0.4, -0.2) is 47.9 Å². The van der Waals surface area contributed by atoms with Gasteiger partial charge in [0, 0.05) is 12.6 Å². The highest BCUT2D eigenvalue weighted by atomic mass is 16.5. The Balaban J connectivity index is 1.60. The van der Waals surface area contributed by atoms with E-state index >= 15 is 0 Å². The molecular weight excluding hydrogens is 432 g/mol. The average molecular weight is 457 g/mol. The fourth-order valence-corrected chi connectivity index (χ4v) is 4.62. The number of anilines is 1. The van der Waals surface area contributed by atoms with E-state index in [4.69, 9.17) is 9.47 Å². The SMILES string of the molecule is COc1ccc([C@@H]2[C@H](C(=O)Nc3nc4ccccc4[nH]3)c3ccccc3C(=O)N2C)cc1OC. The Bertz CT molecular complexity index is 1360. The van der Waals surface area contributed by atoms with Gasteiger partial charge in [0.2, 0.25) is 11.9 Å². The zero-order chi connectivity index (χ0) is 23.8. The van der Waals surface area contributed by atoms with Crippen molar-refractivity contribution >= 4 is 28.8 Å². The number of likely N-dealkylation sites (N-methyl/N-ethyl adjacent to an activating group) is 1. The summed E-state index contributed by atoms with van der Waals surface area (Å²) >= 11 is 0. The molecule has 1 aliphatic rings. The van der Waals surface area contributed by atoms with Crippen molar-refractivity contribution in [3.63, 3.8) is 0 Å². The van der Waals surface area contributed by atoms with Gasteiger partial charge in [0.25, 0.3) is 5.91 Å². The number of carbonyl (C=O) groups excluding carboxylic acids is 2.